The first-order valence-corrected chi connectivity index (χ1v) is 3.25. The third kappa shape index (κ3) is 2.05. The molecule has 66 valence electrons. The summed E-state index contributed by atoms with van der Waals surface area (Å²) in [6.45, 7) is 0. The molecule has 0 amide bonds. The number of aliphatic hydroxyl groups excluding tert-OH is 1. The maximum atomic E-state index is 10.4. The van der Waals surface area contributed by atoms with Gasteiger partial charge in [-0.05, 0) is 12.8 Å². The quantitative estimate of drug-likeness (QED) is 0.520. The lowest BCUT2D eigenvalue weighted by molar-refractivity contribution is -0.143. The first-order chi connectivity index (χ1) is 4.54. The molecule has 4 N–H and O–H groups in total. The molecule has 0 aromatic rings. The van der Waals surface area contributed by atoms with E-state index in [-0.39, 0.29) is 18.8 Å². The second kappa shape index (κ2) is 3.38. The molecule has 5 heteroatoms. The van der Waals surface area contributed by atoms with Crippen LogP contribution in [0.5, 0.6) is 0 Å². The van der Waals surface area contributed by atoms with Crippen LogP contribution < -0.4 is 5.73 Å². The van der Waals surface area contributed by atoms with Gasteiger partial charge in [0.25, 0.3) is 0 Å². The van der Waals surface area contributed by atoms with Crippen LogP contribution in [-0.4, -0.2) is 27.8 Å². The predicted molar refractivity (Wildman–Crippen MR) is 41.7 cm³/mol. The highest BCUT2D eigenvalue weighted by atomic mass is 35.5. The van der Waals surface area contributed by atoms with Crippen LogP contribution in [0.15, 0.2) is 0 Å². The number of aliphatic hydroxyl groups is 1. The van der Waals surface area contributed by atoms with Crippen LogP contribution in [0.25, 0.3) is 0 Å². The molecule has 0 spiro atoms. The Bertz CT molecular complexity index is 164. The fourth-order valence-corrected chi connectivity index (χ4v) is 1.24. The Labute approximate surface area is 70.8 Å². The van der Waals surface area contributed by atoms with Gasteiger partial charge in [-0.3, -0.25) is 4.79 Å². The zero-order valence-electron chi connectivity index (χ0n) is 5.99. The van der Waals surface area contributed by atoms with Gasteiger partial charge in [-0.1, -0.05) is 0 Å². The number of aliphatic carboxylic acids is 1. The molecule has 11 heavy (non-hydrogen) atoms. The van der Waals surface area contributed by atoms with E-state index in [4.69, 9.17) is 15.9 Å². The lowest BCUT2D eigenvalue weighted by Gasteiger charge is -2.16. The minimum Gasteiger partial charge on any atom is -0.480 e. The number of carboxylic acid groups (broad SMARTS) is 1. The van der Waals surface area contributed by atoms with Crippen molar-refractivity contribution < 1.29 is 15.0 Å². The Balaban J connectivity index is 0.000001000. The van der Waals surface area contributed by atoms with Crippen LogP contribution in [0.4, 0.5) is 0 Å². The predicted octanol–water partition coefficient (Wildman–Crippen LogP) is -0.265. The second-order valence-corrected chi connectivity index (χ2v) is 2.86. The molecule has 4 nitrogen and oxygen atoms in total. The zero-order valence-corrected chi connectivity index (χ0v) is 6.80. The molecule has 1 rings (SSSR count). The van der Waals surface area contributed by atoms with Crippen molar-refractivity contribution in [3.05, 3.63) is 0 Å². The maximum absolute atomic E-state index is 10.4. The molecule has 1 fully saturated rings. The molecule has 0 aromatic carbocycles. The van der Waals surface area contributed by atoms with Crippen molar-refractivity contribution in [1.82, 2.24) is 0 Å². The highest BCUT2D eigenvalue weighted by Crippen LogP contribution is 2.27. The van der Waals surface area contributed by atoms with E-state index >= 15 is 0 Å². The van der Waals surface area contributed by atoms with Crippen molar-refractivity contribution >= 4 is 18.4 Å². The largest absolute Gasteiger partial charge is 0.480 e. The minimum absolute atomic E-state index is 0. The van der Waals surface area contributed by atoms with Crippen molar-refractivity contribution in [3.8, 4) is 0 Å². The fraction of sp³-hybridized carbons (Fsp3) is 0.833. The molecule has 1 aliphatic carbocycles. The third-order valence-corrected chi connectivity index (χ3v) is 1.95. The average Bonchev–Trinajstić information content (AvgIpc) is 2.13. The van der Waals surface area contributed by atoms with Crippen molar-refractivity contribution in [3.63, 3.8) is 0 Å². The number of hydrogen-bond acceptors (Lipinski definition) is 3. The van der Waals surface area contributed by atoms with E-state index in [0.717, 1.165) is 0 Å². The van der Waals surface area contributed by atoms with Gasteiger partial charge in [0.05, 0.1) is 6.10 Å². The standard InChI is InChI=1S/C6H11NO3.ClH/c7-6(5(9)10)2-1-4(8)3-6;/h4,8H,1-3,7H2,(H,9,10);1H/t4-,6+;/m0./s1. The molecule has 2 atom stereocenters. The van der Waals surface area contributed by atoms with Gasteiger partial charge in [0.2, 0.25) is 0 Å². The van der Waals surface area contributed by atoms with Crippen molar-refractivity contribution in [2.75, 3.05) is 0 Å². The summed E-state index contributed by atoms with van der Waals surface area (Å²) in [7, 11) is 0. The fourth-order valence-electron chi connectivity index (χ4n) is 1.24. The smallest absolute Gasteiger partial charge is 0.323 e. The Morgan fingerprint density at radius 3 is 2.36 bits per heavy atom. The van der Waals surface area contributed by atoms with Gasteiger partial charge >= 0.3 is 5.97 Å². The molecule has 0 heterocycles. The van der Waals surface area contributed by atoms with Crippen LogP contribution in [0.3, 0.4) is 0 Å². The van der Waals surface area contributed by atoms with Gasteiger partial charge in [-0.25, -0.2) is 0 Å². The van der Waals surface area contributed by atoms with E-state index < -0.39 is 17.6 Å². The van der Waals surface area contributed by atoms with E-state index in [1.807, 2.05) is 0 Å². The van der Waals surface area contributed by atoms with E-state index in [9.17, 15) is 4.79 Å². The third-order valence-electron chi connectivity index (χ3n) is 1.95. The molecule has 0 bridgehead atoms. The lowest BCUT2D eigenvalue weighted by Crippen LogP contribution is -2.45. The van der Waals surface area contributed by atoms with Gasteiger partial charge in [0.15, 0.2) is 0 Å². The summed E-state index contributed by atoms with van der Waals surface area (Å²) in [5, 5.41) is 17.5. The van der Waals surface area contributed by atoms with Gasteiger partial charge in [-0.2, -0.15) is 0 Å². The molecule has 0 radical (unpaired) electrons. The normalized spacial score (nSPS) is 36.4. The SMILES string of the molecule is Cl.N[C@]1(C(=O)O)CC[C@H](O)C1. The van der Waals surface area contributed by atoms with Gasteiger partial charge < -0.3 is 15.9 Å². The minimum atomic E-state index is -1.17. The molecular formula is C6H12ClNO3. The number of nitrogens with two attached hydrogens (primary N) is 1. The van der Waals surface area contributed by atoms with E-state index in [0.29, 0.717) is 12.8 Å². The molecule has 0 aliphatic heterocycles. The number of rotatable bonds is 1. The van der Waals surface area contributed by atoms with Crippen molar-refractivity contribution in [2.45, 2.75) is 30.9 Å². The Morgan fingerprint density at radius 1 is 1.64 bits per heavy atom. The number of carbonyl (C=O) groups is 1. The van der Waals surface area contributed by atoms with Crippen molar-refractivity contribution in [2.24, 2.45) is 5.73 Å². The van der Waals surface area contributed by atoms with Crippen LogP contribution in [0, 0.1) is 0 Å². The first kappa shape index (κ1) is 10.7. The summed E-state index contributed by atoms with van der Waals surface area (Å²) in [6, 6.07) is 0. The zero-order chi connectivity index (χ0) is 7.78. The first-order valence-electron chi connectivity index (χ1n) is 3.25. The van der Waals surface area contributed by atoms with Crippen LogP contribution in [0.2, 0.25) is 0 Å². The summed E-state index contributed by atoms with van der Waals surface area (Å²) < 4.78 is 0. The van der Waals surface area contributed by atoms with E-state index in [1.165, 1.54) is 0 Å². The van der Waals surface area contributed by atoms with Gasteiger partial charge in [0, 0.05) is 6.42 Å². The number of hydrogen-bond donors (Lipinski definition) is 3. The molecule has 0 saturated heterocycles. The Hall–Kier alpha value is -0.320. The van der Waals surface area contributed by atoms with Crippen LogP contribution in [-0.2, 0) is 4.79 Å². The Kier molecular flexibility index (Phi) is 3.29. The topological polar surface area (TPSA) is 83.6 Å². The van der Waals surface area contributed by atoms with Gasteiger partial charge in [0.1, 0.15) is 5.54 Å². The van der Waals surface area contributed by atoms with E-state index in [2.05, 4.69) is 0 Å². The summed E-state index contributed by atoms with van der Waals surface area (Å²) in [4.78, 5) is 10.4. The van der Waals surface area contributed by atoms with E-state index in [1.54, 1.807) is 0 Å². The summed E-state index contributed by atoms with van der Waals surface area (Å²) >= 11 is 0. The number of halogens is 1. The molecule has 1 aliphatic rings. The molecule has 0 aromatic heterocycles. The van der Waals surface area contributed by atoms with Crippen LogP contribution >= 0.6 is 12.4 Å². The maximum Gasteiger partial charge on any atom is 0.323 e. The molecule has 1 saturated carbocycles. The lowest BCUT2D eigenvalue weighted by atomic mass is 10.00. The highest BCUT2D eigenvalue weighted by Gasteiger charge is 2.41. The van der Waals surface area contributed by atoms with Crippen molar-refractivity contribution in [1.29, 1.82) is 0 Å². The summed E-state index contributed by atoms with van der Waals surface area (Å²) in [5.74, 6) is -1.01. The summed E-state index contributed by atoms with van der Waals surface area (Å²) in [6.07, 6.45) is 0.537. The Morgan fingerprint density at radius 2 is 2.18 bits per heavy atom. The summed E-state index contributed by atoms with van der Waals surface area (Å²) in [5.41, 5.74) is 4.27. The average molecular weight is 182 g/mol. The highest BCUT2D eigenvalue weighted by molar-refractivity contribution is 5.85. The van der Waals surface area contributed by atoms with Gasteiger partial charge in [-0.15, -0.1) is 12.4 Å². The number of carboxylic acids is 1. The second-order valence-electron chi connectivity index (χ2n) is 2.86. The molecule has 0 unspecified atom stereocenters. The van der Waals surface area contributed by atoms with Crippen LogP contribution in [0.1, 0.15) is 19.3 Å². The molecular weight excluding hydrogens is 170 g/mol. The monoisotopic (exact) mass is 181 g/mol.